The van der Waals surface area contributed by atoms with Gasteiger partial charge in [-0.25, -0.2) is 4.39 Å². The molecule has 3 aliphatic heterocycles. The first-order valence-electron chi connectivity index (χ1n) is 13.5. The van der Waals surface area contributed by atoms with E-state index in [0.717, 1.165) is 44.7 Å². The van der Waals surface area contributed by atoms with Gasteiger partial charge in [-0.1, -0.05) is 51.1 Å². The molecule has 38 heavy (non-hydrogen) atoms. The quantitative estimate of drug-likeness (QED) is 0.570. The third-order valence-electron chi connectivity index (χ3n) is 8.03. The summed E-state index contributed by atoms with van der Waals surface area (Å²) in [5.74, 6) is 0.313. The Labute approximate surface area is 224 Å². The Bertz CT molecular complexity index is 1230. The van der Waals surface area contributed by atoms with Crippen molar-refractivity contribution in [3.8, 4) is 5.75 Å². The highest BCUT2D eigenvalue weighted by atomic mass is 19.1. The van der Waals surface area contributed by atoms with Crippen molar-refractivity contribution in [1.29, 1.82) is 0 Å². The number of piperazine rings is 1. The topological polar surface area (TPSA) is 65.5 Å². The van der Waals surface area contributed by atoms with Gasteiger partial charge in [0.25, 0.3) is 0 Å². The molecule has 0 N–H and O–H groups in total. The molecule has 1 unspecified atom stereocenters. The Morgan fingerprint density at radius 2 is 1.79 bits per heavy atom. The summed E-state index contributed by atoms with van der Waals surface area (Å²) in [6, 6.07) is 14.2. The fourth-order valence-electron chi connectivity index (χ4n) is 6.14. The molecule has 8 heteroatoms. The number of hydrazone groups is 1. The van der Waals surface area contributed by atoms with Crippen LogP contribution in [-0.2, 0) is 15.0 Å². The Morgan fingerprint density at radius 3 is 2.45 bits per heavy atom. The third-order valence-corrected chi connectivity index (χ3v) is 8.03. The molecule has 0 bridgehead atoms. The predicted octanol–water partition coefficient (Wildman–Crippen LogP) is 4.26. The highest BCUT2D eigenvalue weighted by Gasteiger charge is 2.55. The van der Waals surface area contributed by atoms with Gasteiger partial charge < -0.3 is 9.64 Å². The molecule has 7 nitrogen and oxygen atoms in total. The van der Waals surface area contributed by atoms with E-state index in [-0.39, 0.29) is 29.0 Å². The summed E-state index contributed by atoms with van der Waals surface area (Å²) in [7, 11) is 0. The van der Waals surface area contributed by atoms with E-state index in [1.165, 1.54) is 12.1 Å². The summed E-state index contributed by atoms with van der Waals surface area (Å²) in [5, 5.41) is 6.64. The lowest BCUT2D eigenvalue weighted by atomic mass is 9.67. The van der Waals surface area contributed by atoms with E-state index in [1.807, 2.05) is 48.9 Å². The molecule has 1 amide bonds. The Morgan fingerprint density at radius 1 is 1.08 bits per heavy atom. The number of rotatable bonds is 6. The van der Waals surface area contributed by atoms with E-state index < -0.39 is 5.41 Å². The number of ketones is 1. The maximum atomic E-state index is 14.2. The lowest BCUT2D eigenvalue weighted by Crippen LogP contribution is -2.54. The van der Waals surface area contributed by atoms with E-state index in [4.69, 9.17) is 9.84 Å². The largest absolute Gasteiger partial charge is 0.489 e. The second-order valence-corrected chi connectivity index (χ2v) is 11.6. The van der Waals surface area contributed by atoms with Crippen LogP contribution in [0, 0.1) is 11.2 Å². The zero-order chi connectivity index (χ0) is 27.1. The lowest BCUT2D eigenvalue weighted by molar-refractivity contribution is -0.141. The molecule has 202 valence electrons. The van der Waals surface area contributed by atoms with Crippen LogP contribution in [0.25, 0.3) is 0 Å². The molecular weight excluding hydrogens is 483 g/mol. The van der Waals surface area contributed by atoms with Crippen LogP contribution in [0.3, 0.4) is 0 Å². The Kier molecular flexibility index (Phi) is 7.03. The standard InChI is InChI=1S/C30H37FN4O3/c1-21(36)27-30(22-9-6-5-7-10-22,26-20-38-25-12-11-23(31)19-24(25)35(26)32-27)13-8-14-33-15-17-34(18-16-33)28(37)29(2,3)4/h5-7,9-12,19,26H,8,13-18,20H2,1-4H3/t26?,30-/m1/s1. The van der Waals surface area contributed by atoms with Crippen molar-refractivity contribution in [2.45, 2.75) is 52.0 Å². The van der Waals surface area contributed by atoms with Gasteiger partial charge in [0, 0.05) is 44.6 Å². The van der Waals surface area contributed by atoms with E-state index in [0.29, 0.717) is 30.2 Å². The average Bonchev–Trinajstić information content (AvgIpc) is 3.25. The van der Waals surface area contributed by atoms with Gasteiger partial charge in [-0.15, -0.1) is 0 Å². The van der Waals surface area contributed by atoms with Crippen molar-refractivity contribution in [2.75, 3.05) is 44.3 Å². The first-order valence-corrected chi connectivity index (χ1v) is 13.5. The molecular formula is C30H37FN4O3. The molecule has 1 saturated heterocycles. The van der Waals surface area contributed by atoms with Gasteiger partial charge in [-0.05, 0) is 37.1 Å². The van der Waals surface area contributed by atoms with Crippen LogP contribution in [0.15, 0.2) is 53.6 Å². The summed E-state index contributed by atoms with van der Waals surface area (Å²) in [4.78, 5) is 30.1. The minimum atomic E-state index is -0.679. The molecule has 3 aliphatic rings. The van der Waals surface area contributed by atoms with Crippen LogP contribution in [0.1, 0.15) is 46.1 Å². The van der Waals surface area contributed by atoms with Crippen molar-refractivity contribution in [3.63, 3.8) is 0 Å². The molecule has 2 aromatic rings. The summed E-state index contributed by atoms with van der Waals surface area (Å²) in [6.45, 7) is 11.8. The molecule has 5 rings (SSSR count). The maximum absolute atomic E-state index is 14.2. The molecule has 3 heterocycles. The van der Waals surface area contributed by atoms with Crippen molar-refractivity contribution in [3.05, 3.63) is 59.9 Å². The van der Waals surface area contributed by atoms with Gasteiger partial charge in [0.05, 0.1) is 5.41 Å². The molecule has 2 aromatic carbocycles. The number of fused-ring (bicyclic) bond motifs is 3. The van der Waals surface area contributed by atoms with Gasteiger partial charge in [-0.2, -0.15) is 5.10 Å². The number of ether oxygens (including phenoxy) is 1. The van der Waals surface area contributed by atoms with Crippen molar-refractivity contribution < 1.29 is 18.7 Å². The van der Waals surface area contributed by atoms with E-state index in [2.05, 4.69) is 17.0 Å². The van der Waals surface area contributed by atoms with Crippen LogP contribution >= 0.6 is 0 Å². The summed E-state index contributed by atoms with van der Waals surface area (Å²) < 4.78 is 20.4. The zero-order valence-electron chi connectivity index (χ0n) is 22.7. The highest BCUT2D eigenvalue weighted by molar-refractivity contribution is 6.43. The Hall–Kier alpha value is -3.26. The van der Waals surface area contributed by atoms with Crippen molar-refractivity contribution >= 4 is 23.1 Å². The van der Waals surface area contributed by atoms with Crippen LogP contribution < -0.4 is 9.75 Å². The lowest BCUT2D eigenvalue weighted by Gasteiger charge is -2.42. The third kappa shape index (κ3) is 4.70. The number of carbonyl (C=O) groups excluding carboxylic acids is 2. The number of anilines is 1. The summed E-state index contributed by atoms with van der Waals surface area (Å²) in [5.41, 5.74) is 1.02. The number of nitrogens with zero attached hydrogens (tertiary/aromatic N) is 4. The van der Waals surface area contributed by atoms with Gasteiger partial charge >= 0.3 is 0 Å². The van der Waals surface area contributed by atoms with Crippen LogP contribution in [0.4, 0.5) is 10.1 Å². The van der Waals surface area contributed by atoms with Crippen LogP contribution in [0.2, 0.25) is 0 Å². The fraction of sp³-hybridized carbons (Fsp3) is 0.500. The summed E-state index contributed by atoms with van der Waals surface area (Å²) in [6.07, 6.45) is 1.54. The monoisotopic (exact) mass is 520 g/mol. The van der Waals surface area contributed by atoms with E-state index in [1.54, 1.807) is 13.0 Å². The molecule has 0 spiro atoms. The second kappa shape index (κ2) is 10.1. The summed E-state index contributed by atoms with van der Waals surface area (Å²) >= 11 is 0. The van der Waals surface area contributed by atoms with E-state index >= 15 is 0 Å². The number of carbonyl (C=O) groups is 2. The van der Waals surface area contributed by atoms with E-state index in [9.17, 15) is 14.0 Å². The van der Waals surface area contributed by atoms with Crippen LogP contribution in [0.5, 0.6) is 5.75 Å². The van der Waals surface area contributed by atoms with Gasteiger partial charge in [0.2, 0.25) is 5.91 Å². The number of hydrogen-bond donors (Lipinski definition) is 0. The smallest absolute Gasteiger partial charge is 0.228 e. The van der Waals surface area contributed by atoms with Crippen molar-refractivity contribution in [2.24, 2.45) is 10.5 Å². The second-order valence-electron chi connectivity index (χ2n) is 11.6. The minimum Gasteiger partial charge on any atom is -0.489 e. The van der Waals surface area contributed by atoms with Gasteiger partial charge in [-0.3, -0.25) is 19.5 Å². The number of amides is 1. The maximum Gasteiger partial charge on any atom is 0.228 e. The first kappa shape index (κ1) is 26.4. The van der Waals surface area contributed by atoms with Crippen LogP contribution in [-0.4, -0.2) is 72.6 Å². The van der Waals surface area contributed by atoms with Gasteiger partial charge in [0.15, 0.2) is 5.78 Å². The molecule has 0 radical (unpaired) electrons. The molecule has 0 aromatic heterocycles. The average molecular weight is 521 g/mol. The number of halogens is 1. The molecule has 0 saturated carbocycles. The van der Waals surface area contributed by atoms with Gasteiger partial charge in [0.1, 0.15) is 35.6 Å². The Balaban J connectivity index is 1.38. The first-order chi connectivity index (χ1) is 18.1. The molecule has 1 fully saturated rings. The normalized spacial score (nSPS) is 23.4. The number of benzene rings is 2. The number of Topliss-reactive ketones (excluding diaryl/α,β-unsaturated/α-hetero) is 1. The zero-order valence-corrected chi connectivity index (χ0v) is 22.7. The highest BCUT2D eigenvalue weighted by Crippen LogP contribution is 2.48. The SMILES string of the molecule is CC(=O)C1=NN2c3cc(F)ccc3OCC2[C@@]1(CCCN1CCN(C(=O)C(C)(C)C)CC1)c1ccccc1. The molecule has 0 aliphatic carbocycles. The predicted molar refractivity (Wildman–Crippen MR) is 146 cm³/mol. The van der Waals surface area contributed by atoms with Crippen molar-refractivity contribution in [1.82, 2.24) is 9.80 Å². The fourth-order valence-corrected chi connectivity index (χ4v) is 6.14. The molecule has 2 atom stereocenters. The minimum absolute atomic E-state index is 0.0875. The number of hydrogen-bond acceptors (Lipinski definition) is 6.